The normalized spacial score (nSPS) is 21.4. The number of hydrogen-bond acceptors (Lipinski definition) is 3. The topological polar surface area (TPSA) is 37.4 Å². The Morgan fingerprint density at radius 3 is 2.78 bits per heavy atom. The molecule has 4 heteroatoms. The van der Waals surface area contributed by atoms with Crippen molar-refractivity contribution < 1.29 is 9.59 Å². The maximum Gasteiger partial charge on any atom is 0.243 e. The van der Waals surface area contributed by atoms with E-state index in [1.54, 1.807) is 0 Å². The van der Waals surface area contributed by atoms with Crippen LogP contribution in [-0.4, -0.2) is 22.5 Å². The molecule has 23 heavy (non-hydrogen) atoms. The van der Waals surface area contributed by atoms with Crippen LogP contribution < -0.4 is 0 Å². The van der Waals surface area contributed by atoms with Gasteiger partial charge in [0.2, 0.25) is 11.0 Å². The van der Waals surface area contributed by atoms with E-state index in [0.717, 1.165) is 49.2 Å². The van der Waals surface area contributed by atoms with Crippen molar-refractivity contribution in [2.75, 3.05) is 6.54 Å². The Morgan fingerprint density at radius 2 is 2.04 bits per heavy atom. The van der Waals surface area contributed by atoms with Crippen molar-refractivity contribution in [3.05, 3.63) is 59.2 Å². The maximum absolute atomic E-state index is 12.9. The first-order valence-corrected chi connectivity index (χ1v) is 8.95. The third-order valence-electron chi connectivity index (χ3n) is 4.37. The lowest BCUT2D eigenvalue weighted by Gasteiger charge is -2.37. The number of fused-ring (bicyclic) bond motifs is 1. The monoisotopic (exact) mass is 327 g/mol. The van der Waals surface area contributed by atoms with Gasteiger partial charge in [-0.05, 0) is 55.0 Å². The van der Waals surface area contributed by atoms with E-state index >= 15 is 0 Å². The molecule has 120 valence electrons. The zero-order chi connectivity index (χ0) is 16.2. The molecule has 2 aliphatic heterocycles. The average Bonchev–Trinajstić information content (AvgIpc) is 2.57. The quantitative estimate of drug-likeness (QED) is 0.461. The summed E-state index contributed by atoms with van der Waals surface area (Å²) in [5.74, 6) is -0.714. The molecule has 1 saturated heterocycles. The molecule has 1 amide bonds. The minimum Gasteiger partial charge on any atom is -0.306 e. The highest BCUT2D eigenvalue weighted by Gasteiger charge is 2.41. The molecule has 1 aromatic carbocycles. The van der Waals surface area contributed by atoms with Crippen LogP contribution in [0.1, 0.15) is 43.6 Å². The van der Waals surface area contributed by atoms with E-state index in [9.17, 15) is 9.59 Å². The highest BCUT2D eigenvalue weighted by atomic mass is 32.2. The number of amides is 1. The molecule has 0 bridgehead atoms. The first-order chi connectivity index (χ1) is 11.2. The number of carbonyl (C=O) groups excluding carboxylic acids is 2. The van der Waals surface area contributed by atoms with Gasteiger partial charge in [0.1, 0.15) is 5.92 Å². The van der Waals surface area contributed by atoms with Crippen molar-refractivity contribution in [2.45, 2.75) is 38.0 Å². The number of allylic oxidation sites excluding steroid dienone is 2. The summed E-state index contributed by atoms with van der Waals surface area (Å²) in [6.45, 7) is 4.48. The molecule has 3 nitrogen and oxygen atoms in total. The second kappa shape index (κ2) is 7.18. The van der Waals surface area contributed by atoms with Crippen molar-refractivity contribution in [1.82, 2.24) is 4.90 Å². The SMILES string of the molecule is C=CCCCC1=C2SC(=O)C(c3ccccc3)C(=O)N2CCC1. The van der Waals surface area contributed by atoms with Crippen LogP contribution in [0.15, 0.2) is 53.6 Å². The zero-order valence-electron chi connectivity index (χ0n) is 13.2. The fraction of sp³-hybridized carbons (Fsp3) is 0.368. The van der Waals surface area contributed by atoms with E-state index in [-0.39, 0.29) is 11.0 Å². The van der Waals surface area contributed by atoms with Crippen LogP contribution in [0.3, 0.4) is 0 Å². The predicted molar refractivity (Wildman–Crippen MR) is 93.8 cm³/mol. The molecule has 0 aromatic heterocycles. The number of unbranched alkanes of at least 4 members (excludes halogenated alkanes) is 1. The number of thioether (sulfide) groups is 1. The van der Waals surface area contributed by atoms with Gasteiger partial charge in [-0.15, -0.1) is 6.58 Å². The Bertz CT molecular complexity index is 651. The molecule has 1 aromatic rings. The van der Waals surface area contributed by atoms with Crippen molar-refractivity contribution in [2.24, 2.45) is 0 Å². The lowest BCUT2D eigenvalue weighted by atomic mass is 9.96. The number of carbonyl (C=O) groups is 2. The lowest BCUT2D eigenvalue weighted by molar-refractivity contribution is -0.134. The summed E-state index contributed by atoms with van der Waals surface area (Å²) in [7, 11) is 0. The average molecular weight is 327 g/mol. The summed E-state index contributed by atoms with van der Waals surface area (Å²) in [5.41, 5.74) is 2.06. The van der Waals surface area contributed by atoms with Gasteiger partial charge in [-0.1, -0.05) is 36.4 Å². The first-order valence-electron chi connectivity index (χ1n) is 8.13. The van der Waals surface area contributed by atoms with Crippen LogP contribution in [0.5, 0.6) is 0 Å². The fourth-order valence-electron chi connectivity index (χ4n) is 3.21. The van der Waals surface area contributed by atoms with Gasteiger partial charge in [0.25, 0.3) is 0 Å². The van der Waals surface area contributed by atoms with Crippen molar-refractivity contribution in [1.29, 1.82) is 0 Å². The van der Waals surface area contributed by atoms with E-state index in [4.69, 9.17) is 0 Å². The summed E-state index contributed by atoms with van der Waals surface area (Å²) in [6, 6.07) is 9.39. The molecule has 1 fully saturated rings. The molecule has 1 unspecified atom stereocenters. The zero-order valence-corrected chi connectivity index (χ0v) is 14.0. The summed E-state index contributed by atoms with van der Waals surface area (Å²) < 4.78 is 0. The number of benzene rings is 1. The van der Waals surface area contributed by atoms with E-state index in [1.165, 1.54) is 17.3 Å². The minimum atomic E-state index is -0.655. The second-order valence-electron chi connectivity index (χ2n) is 5.95. The Hall–Kier alpha value is -1.81. The van der Waals surface area contributed by atoms with Gasteiger partial charge in [-0.2, -0.15) is 0 Å². The lowest BCUT2D eigenvalue weighted by Crippen LogP contribution is -2.43. The molecule has 0 N–H and O–H groups in total. The molecule has 0 radical (unpaired) electrons. The number of rotatable bonds is 5. The van der Waals surface area contributed by atoms with Crippen LogP contribution in [0.2, 0.25) is 0 Å². The van der Waals surface area contributed by atoms with Crippen LogP contribution in [0.4, 0.5) is 0 Å². The van der Waals surface area contributed by atoms with Gasteiger partial charge in [-0.3, -0.25) is 9.59 Å². The highest BCUT2D eigenvalue weighted by Crippen LogP contribution is 2.42. The third kappa shape index (κ3) is 3.27. The summed E-state index contributed by atoms with van der Waals surface area (Å²) in [6.07, 6.45) is 6.83. The van der Waals surface area contributed by atoms with Crippen molar-refractivity contribution in [3.8, 4) is 0 Å². The van der Waals surface area contributed by atoms with Gasteiger partial charge >= 0.3 is 0 Å². The van der Waals surface area contributed by atoms with Crippen molar-refractivity contribution >= 4 is 22.8 Å². The van der Waals surface area contributed by atoms with E-state index in [1.807, 2.05) is 41.3 Å². The van der Waals surface area contributed by atoms with Crippen molar-refractivity contribution in [3.63, 3.8) is 0 Å². The van der Waals surface area contributed by atoms with E-state index in [2.05, 4.69) is 6.58 Å². The van der Waals surface area contributed by atoms with Gasteiger partial charge in [0.15, 0.2) is 0 Å². The smallest absolute Gasteiger partial charge is 0.243 e. The molecule has 2 heterocycles. The summed E-state index contributed by atoms with van der Waals surface area (Å²) in [5, 5.41) is 0.859. The van der Waals surface area contributed by atoms with Crippen LogP contribution in [-0.2, 0) is 9.59 Å². The Balaban J connectivity index is 1.87. The summed E-state index contributed by atoms with van der Waals surface area (Å²) in [4.78, 5) is 27.3. The number of nitrogens with zero attached hydrogens (tertiary/aromatic N) is 1. The second-order valence-corrected chi connectivity index (χ2v) is 6.94. The van der Waals surface area contributed by atoms with Crippen LogP contribution in [0, 0.1) is 0 Å². The standard InChI is InChI=1S/C19H21NO2S/c1-2-3-5-11-15-12-8-13-20-17(21)16(19(22)23-18(15)20)14-9-6-4-7-10-14/h2,4,6-7,9-10,16H,1,3,5,8,11-13H2. The maximum atomic E-state index is 12.9. The van der Waals surface area contributed by atoms with E-state index in [0.29, 0.717) is 0 Å². The largest absolute Gasteiger partial charge is 0.306 e. The summed E-state index contributed by atoms with van der Waals surface area (Å²) >= 11 is 1.26. The first kappa shape index (κ1) is 16.1. The minimum absolute atomic E-state index is 0.0458. The van der Waals surface area contributed by atoms with Gasteiger partial charge in [0, 0.05) is 6.54 Å². The number of hydrogen-bond donors (Lipinski definition) is 0. The molecular weight excluding hydrogens is 306 g/mol. The molecule has 0 saturated carbocycles. The predicted octanol–water partition coefficient (Wildman–Crippen LogP) is 4.23. The van der Waals surface area contributed by atoms with E-state index < -0.39 is 5.92 Å². The molecule has 1 atom stereocenters. The molecule has 2 aliphatic rings. The fourth-order valence-corrected chi connectivity index (χ4v) is 4.40. The Morgan fingerprint density at radius 1 is 1.26 bits per heavy atom. The highest BCUT2D eigenvalue weighted by molar-refractivity contribution is 8.17. The molecule has 0 spiro atoms. The van der Waals surface area contributed by atoms with Gasteiger partial charge < -0.3 is 4.90 Å². The third-order valence-corrected chi connectivity index (χ3v) is 5.51. The van der Waals surface area contributed by atoms with Crippen LogP contribution in [0.25, 0.3) is 0 Å². The van der Waals surface area contributed by atoms with Gasteiger partial charge in [0.05, 0.1) is 5.03 Å². The Kier molecular flexibility index (Phi) is 5.01. The Labute approximate surface area is 141 Å². The molecule has 0 aliphatic carbocycles. The molecule has 3 rings (SSSR count). The van der Waals surface area contributed by atoms with Crippen LogP contribution >= 0.6 is 11.8 Å². The van der Waals surface area contributed by atoms with Gasteiger partial charge in [-0.25, -0.2) is 0 Å². The molecular formula is C19H21NO2S.